The molecule has 0 radical (unpaired) electrons. The Bertz CT molecular complexity index is 882. The Balaban J connectivity index is 0.00000109. The fraction of sp³-hybridized carbons (Fsp3) is 0.400. The van der Waals surface area contributed by atoms with Gasteiger partial charge in [0.1, 0.15) is 0 Å². The van der Waals surface area contributed by atoms with Gasteiger partial charge >= 0.3 is 0 Å². The summed E-state index contributed by atoms with van der Waals surface area (Å²) in [6, 6.07) is 6.31. The first kappa shape index (κ1) is 18.9. The van der Waals surface area contributed by atoms with Crippen molar-refractivity contribution in [3.63, 3.8) is 0 Å². The molecule has 0 amide bonds. The average Bonchev–Trinajstić information content (AvgIpc) is 2.88. The Morgan fingerprint density at radius 2 is 1.76 bits per heavy atom. The predicted octanol–water partition coefficient (Wildman–Crippen LogP) is 3.99. The quantitative estimate of drug-likeness (QED) is 0.782. The van der Waals surface area contributed by atoms with Crippen LogP contribution in [0.4, 0.5) is 0 Å². The van der Waals surface area contributed by atoms with Crippen molar-refractivity contribution in [3.05, 3.63) is 41.2 Å². The van der Waals surface area contributed by atoms with Gasteiger partial charge < -0.3 is 14.4 Å². The number of methoxy groups -OCH3 is 1. The minimum atomic E-state index is 0.367. The summed E-state index contributed by atoms with van der Waals surface area (Å²) in [5.41, 5.74) is 7.38. The molecule has 0 aliphatic carbocycles. The fourth-order valence-corrected chi connectivity index (χ4v) is 2.96. The number of hydrogen-bond acceptors (Lipinski definition) is 4. The molecule has 0 bridgehead atoms. The number of pyridine rings is 2. The van der Waals surface area contributed by atoms with Crippen LogP contribution in [0.5, 0.6) is 5.88 Å². The topological polar surface area (TPSA) is 60.2 Å². The van der Waals surface area contributed by atoms with Crippen LogP contribution in [0, 0.1) is 13.8 Å². The highest BCUT2D eigenvalue weighted by atomic mass is 16.5. The second-order valence-electron chi connectivity index (χ2n) is 6.39. The Morgan fingerprint density at radius 1 is 1.08 bits per heavy atom. The maximum atomic E-state index is 7.00. The van der Waals surface area contributed by atoms with Crippen molar-refractivity contribution in [2.75, 3.05) is 14.2 Å². The van der Waals surface area contributed by atoms with Gasteiger partial charge in [-0.25, -0.2) is 9.97 Å². The van der Waals surface area contributed by atoms with E-state index in [-0.39, 0.29) is 0 Å². The van der Waals surface area contributed by atoms with E-state index >= 15 is 0 Å². The van der Waals surface area contributed by atoms with Gasteiger partial charge in [0.05, 0.1) is 29.4 Å². The smallest absolute Gasteiger partial charge is 0.222 e. The van der Waals surface area contributed by atoms with E-state index in [1.807, 2.05) is 0 Å². The lowest BCUT2D eigenvalue weighted by atomic mass is 10.0. The lowest BCUT2D eigenvalue weighted by molar-refractivity contribution is 0.397. The first-order valence-electron chi connectivity index (χ1n) is 8.35. The van der Waals surface area contributed by atoms with E-state index < -0.39 is 0 Å². The van der Waals surface area contributed by atoms with E-state index in [9.17, 15) is 0 Å². The van der Waals surface area contributed by atoms with Crippen molar-refractivity contribution in [1.29, 1.82) is 0 Å². The first-order chi connectivity index (χ1) is 11.9. The monoisotopic (exact) mass is 341 g/mol. The zero-order valence-corrected chi connectivity index (χ0v) is 16.1. The van der Waals surface area contributed by atoms with Crippen LogP contribution in [0.3, 0.4) is 0 Å². The molecular weight excluding hydrogens is 314 g/mol. The van der Waals surface area contributed by atoms with Crippen molar-refractivity contribution in [3.8, 4) is 17.1 Å². The molecule has 0 spiro atoms. The highest BCUT2D eigenvalue weighted by Gasteiger charge is 2.16. The zero-order valence-electron chi connectivity index (χ0n) is 16.1. The fourth-order valence-electron chi connectivity index (χ4n) is 2.96. The summed E-state index contributed by atoms with van der Waals surface area (Å²) in [6.45, 7) is 8.43. The molecule has 0 fully saturated rings. The number of aryl methyl sites for hydroxylation is 3. The summed E-state index contributed by atoms with van der Waals surface area (Å²) in [6.07, 6.45) is 2.11. The van der Waals surface area contributed by atoms with E-state index in [1.165, 1.54) is 5.56 Å². The third kappa shape index (κ3) is 3.51. The molecule has 0 atom stereocenters. The number of nitrogens with zero attached hydrogens (tertiary/aromatic N) is 3. The summed E-state index contributed by atoms with van der Waals surface area (Å²) in [4.78, 5) is 9.56. The standard InChI is InChI=1S/C19H23N3O.CH4O/c1-11(2)15-8-7-14(19(20-15)23-6)17-12(3)9-16-18(21-17)13(4)10-22(16)5;1-2/h7-11H,1-6H3;2H,1H3. The Morgan fingerprint density at radius 3 is 2.36 bits per heavy atom. The summed E-state index contributed by atoms with van der Waals surface area (Å²) >= 11 is 0. The van der Waals surface area contributed by atoms with Crippen LogP contribution < -0.4 is 4.74 Å². The van der Waals surface area contributed by atoms with Gasteiger partial charge in [-0.3, -0.25) is 0 Å². The SMILES string of the molecule is CO.COc1nc(C(C)C)ccc1-c1nc2c(C)cn(C)c2cc1C. The van der Waals surface area contributed by atoms with Gasteiger partial charge in [-0.05, 0) is 49.1 Å². The van der Waals surface area contributed by atoms with Gasteiger partial charge in [0.15, 0.2) is 0 Å². The van der Waals surface area contributed by atoms with Crippen molar-refractivity contribution in [2.24, 2.45) is 7.05 Å². The largest absolute Gasteiger partial charge is 0.480 e. The first-order valence-corrected chi connectivity index (χ1v) is 8.35. The lowest BCUT2D eigenvalue weighted by Gasteiger charge is -2.13. The maximum absolute atomic E-state index is 7.00. The minimum Gasteiger partial charge on any atom is -0.480 e. The number of ether oxygens (including phenoxy) is 1. The number of aliphatic hydroxyl groups is 1. The van der Waals surface area contributed by atoms with Crippen molar-refractivity contribution in [1.82, 2.24) is 14.5 Å². The van der Waals surface area contributed by atoms with Crippen LogP contribution >= 0.6 is 0 Å². The van der Waals surface area contributed by atoms with Crippen LogP contribution in [0.2, 0.25) is 0 Å². The summed E-state index contributed by atoms with van der Waals surface area (Å²) < 4.78 is 7.65. The van der Waals surface area contributed by atoms with E-state index in [1.54, 1.807) is 7.11 Å². The molecule has 25 heavy (non-hydrogen) atoms. The Labute approximate surface area is 149 Å². The predicted molar refractivity (Wildman–Crippen MR) is 102 cm³/mol. The minimum absolute atomic E-state index is 0.367. The van der Waals surface area contributed by atoms with Crippen molar-refractivity contribution < 1.29 is 9.84 Å². The highest BCUT2D eigenvalue weighted by Crippen LogP contribution is 2.33. The molecule has 3 heterocycles. The third-order valence-corrected chi connectivity index (χ3v) is 4.26. The molecule has 0 saturated heterocycles. The van der Waals surface area contributed by atoms with Gasteiger partial charge in [-0.1, -0.05) is 13.8 Å². The van der Waals surface area contributed by atoms with E-state index in [4.69, 9.17) is 14.8 Å². The molecule has 3 aromatic rings. The van der Waals surface area contributed by atoms with Crippen LogP contribution in [0.1, 0.15) is 36.6 Å². The Kier molecular flexibility index (Phi) is 5.80. The molecular formula is C20H27N3O2. The molecule has 134 valence electrons. The van der Waals surface area contributed by atoms with Crippen molar-refractivity contribution >= 4 is 11.0 Å². The number of aromatic nitrogens is 3. The van der Waals surface area contributed by atoms with E-state index in [0.29, 0.717) is 11.8 Å². The Hall–Kier alpha value is -2.40. The van der Waals surface area contributed by atoms with Gasteiger partial charge in [0, 0.05) is 26.0 Å². The molecule has 1 N–H and O–H groups in total. The highest BCUT2D eigenvalue weighted by molar-refractivity contribution is 5.84. The molecule has 0 aromatic carbocycles. The average molecular weight is 341 g/mol. The zero-order chi connectivity index (χ0) is 18.7. The molecule has 3 rings (SSSR count). The molecule has 0 aliphatic rings. The normalized spacial score (nSPS) is 10.8. The van der Waals surface area contributed by atoms with Crippen LogP contribution in [-0.2, 0) is 7.05 Å². The van der Waals surface area contributed by atoms with Crippen LogP contribution in [0.15, 0.2) is 24.4 Å². The van der Waals surface area contributed by atoms with Crippen LogP contribution in [-0.4, -0.2) is 33.9 Å². The summed E-state index contributed by atoms with van der Waals surface area (Å²) in [7, 11) is 4.72. The van der Waals surface area contributed by atoms with Gasteiger partial charge in [0.2, 0.25) is 5.88 Å². The van der Waals surface area contributed by atoms with Gasteiger partial charge in [-0.2, -0.15) is 0 Å². The van der Waals surface area contributed by atoms with Crippen LogP contribution in [0.25, 0.3) is 22.3 Å². The van der Waals surface area contributed by atoms with Gasteiger partial charge in [-0.15, -0.1) is 0 Å². The number of fused-ring (bicyclic) bond motifs is 1. The molecule has 5 heteroatoms. The summed E-state index contributed by atoms with van der Waals surface area (Å²) in [5.74, 6) is 1.01. The number of aliphatic hydroxyl groups excluding tert-OH is 1. The molecule has 5 nitrogen and oxygen atoms in total. The molecule has 3 aromatic heterocycles. The van der Waals surface area contributed by atoms with E-state index in [2.05, 4.69) is 68.7 Å². The number of hydrogen-bond donors (Lipinski definition) is 1. The second kappa shape index (κ2) is 7.66. The van der Waals surface area contributed by atoms with E-state index in [0.717, 1.165) is 40.7 Å². The molecule has 0 aliphatic heterocycles. The molecule has 0 unspecified atom stereocenters. The second-order valence-corrected chi connectivity index (χ2v) is 6.39. The molecule has 0 saturated carbocycles. The van der Waals surface area contributed by atoms with Crippen molar-refractivity contribution in [2.45, 2.75) is 33.6 Å². The maximum Gasteiger partial charge on any atom is 0.222 e. The lowest BCUT2D eigenvalue weighted by Crippen LogP contribution is -2.00. The number of rotatable bonds is 3. The van der Waals surface area contributed by atoms with Gasteiger partial charge in [0.25, 0.3) is 0 Å². The third-order valence-electron chi connectivity index (χ3n) is 4.26. The summed E-state index contributed by atoms with van der Waals surface area (Å²) in [5, 5.41) is 7.00.